The smallest absolute Gasteiger partial charge is 0.346 e. The minimum absolute atomic E-state index is 0.391. The van der Waals surface area contributed by atoms with Crippen molar-refractivity contribution in [2.24, 2.45) is 0 Å². The Morgan fingerprint density at radius 3 is 2.35 bits per heavy atom. The number of hydrogen-bond acceptors (Lipinski definition) is 3. The highest BCUT2D eigenvalue weighted by Crippen LogP contribution is 2.29. The lowest BCUT2D eigenvalue weighted by Gasteiger charge is -2.12. The van der Waals surface area contributed by atoms with Crippen LogP contribution in [0.3, 0.4) is 0 Å². The first-order chi connectivity index (χ1) is 8.09. The minimum Gasteiger partial charge on any atom is -0.477 e. The quantitative estimate of drug-likeness (QED) is 0.905. The number of carboxylic acid groups (broad SMARTS) is 1. The zero-order valence-electron chi connectivity index (χ0n) is 9.68. The van der Waals surface area contributed by atoms with Crippen LogP contribution >= 0.6 is 11.3 Å². The monoisotopic (exact) mass is 247 g/mol. The van der Waals surface area contributed by atoms with Gasteiger partial charge in [0.15, 0.2) is 0 Å². The number of carbonyl (C=O) groups is 1. The molecule has 88 valence electrons. The van der Waals surface area contributed by atoms with E-state index in [-0.39, 0.29) is 0 Å². The summed E-state index contributed by atoms with van der Waals surface area (Å²) < 4.78 is 0. The summed E-state index contributed by atoms with van der Waals surface area (Å²) in [5.41, 5.74) is 2.82. The van der Waals surface area contributed by atoms with Crippen LogP contribution in [-0.4, -0.2) is 25.2 Å². The van der Waals surface area contributed by atoms with Gasteiger partial charge in [-0.2, -0.15) is 0 Å². The van der Waals surface area contributed by atoms with Crippen molar-refractivity contribution in [3.05, 3.63) is 40.6 Å². The predicted molar refractivity (Wildman–Crippen MR) is 71.0 cm³/mol. The van der Waals surface area contributed by atoms with Crippen LogP contribution in [0.15, 0.2) is 35.7 Å². The number of nitrogens with zero attached hydrogens (tertiary/aromatic N) is 1. The molecule has 0 saturated heterocycles. The molecule has 4 heteroatoms. The average molecular weight is 247 g/mol. The number of thiophene rings is 1. The van der Waals surface area contributed by atoms with Gasteiger partial charge in [0.25, 0.3) is 0 Å². The largest absolute Gasteiger partial charge is 0.477 e. The standard InChI is InChI=1S/C13H13NO2S/c1-14(2)10-5-3-9(4-6-10)11-7-8-17-12(11)13(15)16/h3-8H,1-2H3,(H,15,16). The van der Waals surface area contributed by atoms with Crippen LogP contribution in [0.1, 0.15) is 9.67 Å². The third kappa shape index (κ3) is 2.31. The van der Waals surface area contributed by atoms with Gasteiger partial charge in [-0.15, -0.1) is 11.3 Å². The van der Waals surface area contributed by atoms with Crippen LogP contribution < -0.4 is 4.90 Å². The summed E-state index contributed by atoms with van der Waals surface area (Å²) in [5.74, 6) is -0.869. The lowest BCUT2D eigenvalue weighted by Crippen LogP contribution is -2.07. The number of benzene rings is 1. The summed E-state index contributed by atoms with van der Waals surface area (Å²) in [6.45, 7) is 0. The fourth-order valence-electron chi connectivity index (χ4n) is 1.64. The second kappa shape index (κ2) is 4.59. The van der Waals surface area contributed by atoms with E-state index in [0.717, 1.165) is 16.8 Å². The third-order valence-corrected chi connectivity index (χ3v) is 3.46. The second-order valence-electron chi connectivity index (χ2n) is 3.91. The van der Waals surface area contributed by atoms with Crippen LogP contribution in [0.4, 0.5) is 5.69 Å². The van der Waals surface area contributed by atoms with E-state index in [2.05, 4.69) is 0 Å². The summed E-state index contributed by atoms with van der Waals surface area (Å²) >= 11 is 1.25. The zero-order chi connectivity index (χ0) is 12.4. The Balaban J connectivity index is 2.40. The Kier molecular flexibility index (Phi) is 3.15. The highest BCUT2D eigenvalue weighted by Gasteiger charge is 2.12. The zero-order valence-corrected chi connectivity index (χ0v) is 10.5. The lowest BCUT2D eigenvalue weighted by molar-refractivity contribution is 0.0703. The van der Waals surface area contributed by atoms with Gasteiger partial charge in [-0.3, -0.25) is 0 Å². The van der Waals surface area contributed by atoms with Crippen molar-refractivity contribution in [1.82, 2.24) is 0 Å². The topological polar surface area (TPSA) is 40.5 Å². The van der Waals surface area contributed by atoms with Crippen molar-refractivity contribution in [3.63, 3.8) is 0 Å². The van der Waals surface area contributed by atoms with Crippen LogP contribution in [0.5, 0.6) is 0 Å². The Labute approximate surface area is 104 Å². The number of carboxylic acids is 1. The Bertz CT molecular complexity index is 529. The van der Waals surface area contributed by atoms with Crippen molar-refractivity contribution in [2.45, 2.75) is 0 Å². The molecular weight excluding hydrogens is 234 g/mol. The van der Waals surface area contributed by atoms with E-state index in [0.29, 0.717) is 4.88 Å². The normalized spacial score (nSPS) is 10.2. The summed E-state index contributed by atoms with van der Waals surface area (Å²) in [7, 11) is 3.95. The molecule has 0 amide bonds. The van der Waals surface area contributed by atoms with Gasteiger partial charge in [0.1, 0.15) is 4.88 Å². The Morgan fingerprint density at radius 1 is 1.18 bits per heavy atom. The van der Waals surface area contributed by atoms with Gasteiger partial charge in [0.05, 0.1) is 0 Å². The molecule has 0 aliphatic heterocycles. The van der Waals surface area contributed by atoms with Gasteiger partial charge < -0.3 is 10.0 Å². The van der Waals surface area contributed by atoms with E-state index >= 15 is 0 Å². The molecule has 3 nitrogen and oxygen atoms in total. The molecule has 0 fully saturated rings. The van der Waals surface area contributed by atoms with Crippen LogP contribution in [0.25, 0.3) is 11.1 Å². The molecular formula is C13H13NO2S. The number of anilines is 1. The fourth-order valence-corrected chi connectivity index (χ4v) is 2.40. The van der Waals surface area contributed by atoms with Crippen LogP contribution in [-0.2, 0) is 0 Å². The van der Waals surface area contributed by atoms with Crippen molar-refractivity contribution in [2.75, 3.05) is 19.0 Å². The van der Waals surface area contributed by atoms with Gasteiger partial charge >= 0.3 is 5.97 Å². The molecule has 0 bridgehead atoms. The maximum atomic E-state index is 11.0. The SMILES string of the molecule is CN(C)c1ccc(-c2ccsc2C(=O)O)cc1. The van der Waals surface area contributed by atoms with Gasteiger partial charge in [-0.25, -0.2) is 4.79 Å². The summed E-state index contributed by atoms with van der Waals surface area (Å²) in [4.78, 5) is 13.4. The van der Waals surface area contributed by atoms with E-state index in [1.54, 1.807) is 5.38 Å². The summed E-state index contributed by atoms with van der Waals surface area (Å²) in [6.07, 6.45) is 0. The first kappa shape index (κ1) is 11.7. The molecule has 1 heterocycles. The number of aromatic carboxylic acids is 1. The molecule has 0 aliphatic rings. The van der Waals surface area contributed by atoms with Crippen molar-refractivity contribution < 1.29 is 9.90 Å². The first-order valence-corrected chi connectivity index (χ1v) is 6.06. The number of rotatable bonds is 3. The van der Waals surface area contributed by atoms with Crippen LogP contribution in [0.2, 0.25) is 0 Å². The van der Waals surface area contributed by atoms with Crippen molar-refractivity contribution in [1.29, 1.82) is 0 Å². The van der Waals surface area contributed by atoms with E-state index in [1.165, 1.54) is 11.3 Å². The maximum absolute atomic E-state index is 11.0. The van der Waals surface area contributed by atoms with Gasteiger partial charge in [0.2, 0.25) is 0 Å². The molecule has 0 unspecified atom stereocenters. The molecule has 0 spiro atoms. The van der Waals surface area contributed by atoms with Crippen molar-refractivity contribution in [3.8, 4) is 11.1 Å². The highest BCUT2D eigenvalue weighted by atomic mass is 32.1. The lowest BCUT2D eigenvalue weighted by atomic mass is 10.1. The Morgan fingerprint density at radius 2 is 1.82 bits per heavy atom. The Hall–Kier alpha value is -1.81. The highest BCUT2D eigenvalue weighted by molar-refractivity contribution is 7.12. The van der Waals surface area contributed by atoms with Gasteiger partial charge in [0, 0.05) is 25.3 Å². The van der Waals surface area contributed by atoms with E-state index in [4.69, 9.17) is 5.11 Å². The summed E-state index contributed by atoms with van der Waals surface area (Å²) in [6, 6.07) is 9.71. The molecule has 2 aromatic rings. The van der Waals surface area contributed by atoms with E-state index in [1.807, 2.05) is 49.3 Å². The molecule has 0 atom stereocenters. The van der Waals surface area contributed by atoms with E-state index < -0.39 is 5.97 Å². The van der Waals surface area contributed by atoms with E-state index in [9.17, 15) is 4.79 Å². The van der Waals surface area contributed by atoms with Gasteiger partial charge in [-0.05, 0) is 29.1 Å². The predicted octanol–water partition coefficient (Wildman–Crippen LogP) is 3.18. The van der Waals surface area contributed by atoms with Crippen molar-refractivity contribution >= 4 is 23.0 Å². The summed E-state index contributed by atoms with van der Waals surface area (Å²) in [5, 5.41) is 10.9. The molecule has 0 radical (unpaired) electrons. The molecule has 1 aromatic carbocycles. The molecule has 1 N–H and O–H groups in total. The molecule has 17 heavy (non-hydrogen) atoms. The minimum atomic E-state index is -0.869. The van der Waals surface area contributed by atoms with Crippen LogP contribution in [0, 0.1) is 0 Å². The second-order valence-corrected chi connectivity index (χ2v) is 4.83. The molecule has 0 saturated carbocycles. The molecule has 1 aromatic heterocycles. The maximum Gasteiger partial charge on any atom is 0.346 e. The average Bonchev–Trinajstić information content (AvgIpc) is 2.78. The first-order valence-electron chi connectivity index (χ1n) is 5.18. The molecule has 2 rings (SSSR count). The third-order valence-electron chi connectivity index (χ3n) is 2.55. The fraction of sp³-hybridized carbons (Fsp3) is 0.154. The van der Waals surface area contributed by atoms with Gasteiger partial charge in [-0.1, -0.05) is 12.1 Å². The number of hydrogen-bond donors (Lipinski definition) is 1. The molecule has 0 aliphatic carbocycles.